The quantitative estimate of drug-likeness (QED) is 0.410. The third-order valence-corrected chi connectivity index (χ3v) is 8.35. The Morgan fingerprint density at radius 3 is 2.54 bits per heavy atom. The molecule has 5 rings (SSSR count). The van der Waals surface area contributed by atoms with Crippen LogP contribution in [0.2, 0.25) is 0 Å². The molecule has 0 bridgehead atoms. The Labute approximate surface area is 203 Å². The summed E-state index contributed by atoms with van der Waals surface area (Å²) in [4.78, 5) is 28.8. The molecule has 1 aromatic heterocycles. The summed E-state index contributed by atoms with van der Waals surface area (Å²) in [7, 11) is -3.74. The van der Waals surface area contributed by atoms with Crippen molar-refractivity contribution in [2.75, 3.05) is 26.3 Å². The highest BCUT2D eigenvalue weighted by Crippen LogP contribution is 2.34. The Kier molecular flexibility index (Phi) is 6.24. The maximum Gasteiger partial charge on any atom is 0.309 e. The zero-order valence-corrected chi connectivity index (χ0v) is 20.0. The minimum atomic E-state index is -3.74. The number of sulfonamides is 1. The van der Waals surface area contributed by atoms with E-state index in [4.69, 9.17) is 14.2 Å². The molecule has 35 heavy (non-hydrogen) atoms. The number of fused-ring (bicyclic) bond motifs is 2. The number of aromatic nitrogens is 1. The molecule has 2 aromatic carbocycles. The van der Waals surface area contributed by atoms with Gasteiger partial charge in [-0.1, -0.05) is 18.2 Å². The second-order valence-electron chi connectivity index (χ2n) is 8.68. The van der Waals surface area contributed by atoms with Crippen LogP contribution in [0.4, 0.5) is 0 Å². The lowest BCUT2D eigenvalue weighted by Crippen LogP contribution is -2.41. The molecule has 1 fully saturated rings. The molecular formula is C25H26N2O7S. The van der Waals surface area contributed by atoms with Gasteiger partial charge in [-0.3, -0.25) is 9.59 Å². The normalized spacial score (nSPS) is 17.7. The molecule has 3 aromatic rings. The number of esters is 1. The standard InChI is InChI=1S/C25H26N2O7S/c1-16(24(28)20-15-26-21-5-3-2-4-19(20)21)34-25(29)17-8-10-27(11-9-17)35(30,31)18-6-7-22-23(14-18)33-13-12-32-22/h2-7,14-17,26H,8-13H2,1H3. The summed E-state index contributed by atoms with van der Waals surface area (Å²) in [5.74, 6) is -0.311. The molecular weight excluding hydrogens is 472 g/mol. The summed E-state index contributed by atoms with van der Waals surface area (Å²) in [6.07, 6.45) is 1.31. The van der Waals surface area contributed by atoms with E-state index in [1.165, 1.54) is 16.4 Å². The maximum atomic E-state index is 13.1. The largest absolute Gasteiger partial charge is 0.486 e. The van der Waals surface area contributed by atoms with Crippen molar-refractivity contribution >= 4 is 32.7 Å². The number of nitrogens with one attached hydrogen (secondary N) is 1. The van der Waals surface area contributed by atoms with Gasteiger partial charge in [0.2, 0.25) is 15.8 Å². The zero-order chi connectivity index (χ0) is 24.6. The van der Waals surface area contributed by atoms with Gasteiger partial charge in [0.15, 0.2) is 17.6 Å². The van der Waals surface area contributed by atoms with Crippen molar-refractivity contribution in [1.29, 1.82) is 0 Å². The zero-order valence-electron chi connectivity index (χ0n) is 19.2. The van der Waals surface area contributed by atoms with Gasteiger partial charge in [-0.05, 0) is 38.0 Å². The first kappa shape index (κ1) is 23.4. The molecule has 0 radical (unpaired) electrons. The van der Waals surface area contributed by atoms with Crippen molar-refractivity contribution in [2.45, 2.75) is 30.8 Å². The number of aromatic amines is 1. The Hall–Kier alpha value is -3.37. The van der Waals surface area contributed by atoms with E-state index in [0.717, 1.165) is 10.9 Å². The fourth-order valence-electron chi connectivity index (χ4n) is 4.48. The van der Waals surface area contributed by atoms with Gasteiger partial charge in [0, 0.05) is 41.8 Å². The van der Waals surface area contributed by atoms with E-state index in [0.29, 0.717) is 43.1 Å². The van der Waals surface area contributed by atoms with Gasteiger partial charge < -0.3 is 19.2 Å². The predicted molar refractivity (Wildman–Crippen MR) is 127 cm³/mol. The van der Waals surface area contributed by atoms with Gasteiger partial charge in [0.05, 0.1) is 10.8 Å². The molecule has 1 unspecified atom stereocenters. The molecule has 1 saturated heterocycles. The number of carbonyl (C=O) groups excluding carboxylic acids is 2. The number of nitrogens with zero attached hydrogens (tertiary/aromatic N) is 1. The Morgan fingerprint density at radius 2 is 1.77 bits per heavy atom. The van der Waals surface area contributed by atoms with Crippen LogP contribution in [0.15, 0.2) is 53.6 Å². The van der Waals surface area contributed by atoms with Crippen molar-refractivity contribution in [2.24, 2.45) is 5.92 Å². The summed E-state index contributed by atoms with van der Waals surface area (Å²) >= 11 is 0. The average molecular weight is 499 g/mol. The highest BCUT2D eigenvalue weighted by atomic mass is 32.2. The van der Waals surface area contributed by atoms with Crippen molar-refractivity contribution in [3.63, 3.8) is 0 Å². The van der Waals surface area contributed by atoms with Gasteiger partial charge in [-0.25, -0.2) is 8.42 Å². The van der Waals surface area contributed by atoms with E-state index in [-0.39, 0.29) is 23.8 Å². The van der Waals surface area contributed by atoms with Crippen molar-refractivity contribution < 1.29 is 32.2 Å². The van der Waals surface area contributed by atoms with Crippen LogP contribution < -0.4 is 9.47 Å². The third kappa shape index (κ3) is 4.51. The average Bonchev–Trinajstić information content (AvgIpc) is 3.32. The summed E-state index contributed by atoms with van der Waals surface area (Å²) in [5, 5.41) is 0.776. The summed E-state index contributed by atoms with van der Waals surface area (Å²) in [5.41, 5.74) is 1.31. The fraction of sp³-hybridized carbons (Fsp3) is 0.360. The van der Waals surface area contributed by atoms with E-state index in [2.05, 4.69) is 4.98 Å². The molecule has 3 heterocycles. The number of hydrogen-bond acceptors (Lipinski definition) is 7. The highest BCUT2D eigenvalue weighted by Gasteiger charge is 2.34. The number of ether oxygens (including phenoxy) is 3. The lowest BCUT2D eigenvalue weighted by atomic mass is 9.98. The van der Waals surface area contributed by atoms with Crippen LogP contribution in [0.1, 0.15) is 30.1 Å². The second kappa shape index (κ2) is 9.35. The number of piperidine rings is 1. The number of ketones is 1. The molecule has 2 aliphatic heterocycles. The minimum Gasteiger partial charge on any atom is -0.486 e. The van der Waals surface area contributed by atoms with Crippen LogP contribution >= 0.6 is 0 Å². The summed E-state index contributed by atoms with van der Waals surface area (Å²) in [6, 6.07) is 12.0. The van der Waals surface area contributed by atoms with Gasteiger partial charge in [-0.15, -0.1) is 0 Å². The number of H-pyrrole nitrogens is 1. The number of para-hydroxylation sites is 1. The van der Waals surface area contributed by atoms with Crippen LogP contribution in [-0.4, -0.2) is 61.9 Å². The Bertz CT molecular complexity index is 1370. The number of hydrogen-bond donors (Lipinski definition) is 1. The molecule has 9 nitrogen and oxygen atoms in total. The molecule has 0 spiro atoms. The highest BCUT2D eigenvalue weighted by molar-refractivity contribution is 7.89. The fourth-order valence-corrected chi connectivity index (χ4v) is 5.97. The first-order chi connectivity index (χ1) is 16.8. The van der Waals surface area contributed by atoms with E-state index >= 15 is 0 Å². The van der Waals surface area contributed by atoms with Crippen molar-refractivity contribution in [3.8, 4) is 11.5 Å². The summed E-state index contributed by atoms with van der Waals surface area (Å²) < 4.78 is 44.1. The number of rotatable bonds is 6. The second-order valence-corrected chi connectivity index (χ2v) is 10.6. The molecule has 2 aliphatic rings. The minimum absolute atomic E-state index is 0.126. The lowest BCUT2D eigenvalue weighted by Gasteiger charge is -2.30. The third-order valence-electron chi connectivity index (χ3n) is 6.46. The van der Waals surface area contributed by atoms with Crippen molar-refractivity contribution in [3.05, 3.63) is 54.2 Å². The molecule has 0 saturated carbocycles. The van der Waals surface area contributed by atoms with Crippen LogP contribution in [0.3, 0.4) is 0 Å². The predicted octanol–water partition coefficient (Wildman–Crippen LogP) is 3.15. The van der Waals surface area contributed by atoms with Gasteiger partial charge >= 0.3 is 5.97 Å². The lowest BCUT2D eigenvalue weighted by molar-refractivity contribution is -0.152. The summed E-state index contributed by atoms with van der Waals surface area (Å²) in [6.45, 7) is 2.71. The maximum absolute atomic E-state index is 13.1. The van der Waals surface area contributed by atoms with E-state index in [1.54, 1.807) is 19.2 Å². The number of Topliss-reactive ketones (excluding diaryl/α,β-unsaturated/α-hetero) is 1. The van der Waals surface area contributed by atoms with Crippen LogP contribution in [-0.2, 0) is 19.6 Å². The topological polar surface area (TPSA) is 115 Å². The SMILES string of the molecule is CC(OC(=O)C1CCN(S(=O)(=O)c2ccc3c(c2)OCCO3)CC1)C(=O)c1c[nH]c2ccccc12. The van der Waals surface area contributed by atoms with Gasteiger partial charge in [0.25, 0.3) is 0 Å². The van der Waals surface area contributed by atoms with Gasteiger partial charge in [0.1, 0.15) is 13.2 Å². The molecule has 0 amide bonds. The first-order valence-electron chi connectivity index (χ1n) is 11.6. The van der Waals surface area contributed by atoms with Gasteiger partial charge in [-0.2, -0.15) is 4.31 Å². The monoisotopic (exact) mass is 498 g/mol. The molecule has 1 N–H and O–H groups in total. The molecule has 184 valence electrons. The Balaban J connectivity index is 1.20. The van der Waals surface area contributed by atoms with Crippen LogP contribution in [0.5, 0.6) is 11.5 Å². The smallest absolute Gasteiger partial charge is 0.309 e. The van der Waals surface area contributed by atoms with Crippen LogP contribution in [0, 0.1) is 5.92 Å². The number of benzene rings is 2. The number of carbonyl (C=O) groups is 2. The van der Waals surface area contributed by atoms with Crippen molar-refractivity contribution in [1.82, 2.24) is 9.29 Å². The molecule has 1 atom stereocenters. The van der Waals surface area contributed by atoms with E-state index in [1.807, 2.05) is 24.3 Å². The van der Waals surface area contributed by atoms with E-state index in [9.17, 15) is 18.0 Å². The Morgan fingerprint density at radius 1 is 1.06 bits per heavy atom. The van der Waals surface area contributed by atoms with E-state index < -0.39 is 28.0 Å². The first-order valence-corrected chi connectivity index (χ1v) is 13.0. The molecule has 0 aliphatic carbocycles. The van der Waals surface area contributed by atoms with Crippen LogP contribution in [0.25, 0.3) is 10.9 Å². The molecule has 10 heteroatoms.